The third-order valence-corrected chi connectivity index (χ3v) is 4.67. The molecular formula is C9H12Br9N3. The van der Waals surface area contributed by atoms with Gasteiger partial charge in [0.15, 0.2) is 0 Å². The number of hydrogen-bond acceptors (Lipinski definition) is 3. The standard InChI is InChI=1S/C9H12Br9N3/c10-7(11,12)1-19-4-20(2-8(13,14)15)6-21(5-19)3-9(16,17)18/h1-6H2. The Morgan fingerprint density at radius 1 is 0.476 bits per heavy atom. The molecule has 0 radical (unpaired) electrons. The first-order valence-electron chi connectivity index (χ1n) is 5.61. The summed E-state index contributed by atoms with van der Waals surface area (Å²) in [7, 11) is 0. The molecule has 1 saturated heterocycles. The van der Waals surface area contributed by atoms with E-state index < -0.39 is 0 Å². The van der Waals surface area contributed by atoms with E-state index in [4.69, 9.17) is 0 Å². The lowest BCUT2D eigenvalue weighted by Gasteiger charge is -2.45. The SMILES string of the molecule is BrC(Br)(Br)CN1CN(CC(Br)(Br)Br)CN(CC(Br)(Br)Br)C1. The first-order chi connectivity index (χ1) is 9.23. The summed E-state index contributed by atoms with van der Waals surface area (Å²) in [5.41, 5.74) is 0. The summed E-state index contributed by atoms with van der Waals surface area (Å²) in [4.78, 5) is 7.04. The summed E-state index contributed by atoms with van der Waals surface area (Å²) in [5, 5.41) is 0. The average Bonchev–Trinajstić information content (AvgIpc) is 2.06. The van der Waals surface area contributed by atoms with Gasteiger partial charge in [-0.3, -0.25) is 14.7 Å². The van der Waals surface area contributed by atoms with Crippen molar-refractivity contribution in [2.24, 2.45) is 0 Å². The van der Waals surface area contributed by atoms with Crippen molar-refractivity contribution in [3.05, 3.63) is 0 Å². The van der Waals surface area contributed by atoms with E-state index in [1.54, 1.807) is 0 Å². The Labute approximate surface area is 201 Å². The predicted molar refractivity (Wildman–Crippen MR) is 123 cm³/mol. The van der Waals surface area contributed by atoms with E-state index in [2.05, 4.69) is 158 Å². The van der Waals surface area contributed by atoms with Crippen molar-refractivity contribution in [3.8, 4) is 0 Å². The second-order valence-electron chi connectivity index (χ2n) is 4.76. The summed E-state index contributed by atoms with van der Waals surface area (Å²) in [5.74, 6) is 0. The van der Waals surface area contributed by atoms with Crippen molar-refractivity contribution in [1.82, 2.24) is 14.7 Å². The fourth-order valence-corrected chi connectivity index (χ4v) is 5.24. The molecule has 126 valence electrons. The van der Waals surface area contributed by atoms with Crippen LogP contribution in [0.4, 0.5) is 0 Å². The Kier molecular flexibility index (Phi) is 10.4. The molecule has 0 aliphatic carbocycles. The van der Waals surface area contributed by atoms with Gasteiger partial charge in [0.25, 0.3) is 0 Å². The van der Waals surface area contributed by atoms with Crippen molar-refractivity contribution in [1.29, 1.82) is 0 Å². The summed E-state index contributed by atoms with van der Waals surface area (Å²) < 4.78 is -0.821. The maximum atomic E-state index is 3.58. The van der Waals surface area contributed by atoms with Crippen LogP contribution in [0.5, 0.6) is 0 Å². The first-order valence-corrected chi connectivity index (χ1v) is 12.7. The highest BCUT2D eigenvalue weighted by Crippen LogP contribution is 2.38. The van der Waals surface area contributed by atoms with Crippen LogP contribution in [-0.4, -0.2) is 60.8 Å². The first kappa shape index (κ1) is 23.2. The van der Waals surface area contributed by atoms with Gasteiger partial charge in [-0.05, 0) is 0 Å². The van der Waals surface area contributed by atoms with Crippen LogP contribution >= 0.6 is 143 Å². The predicted octanol–water partition coefficient (Wildman–Crippen LogP) is 6.29. The quantitative estimate of drug-likeness (QED) is 0.309. The molecule has 0 aromatic rings. The van der Waals surface area contributed by atoms with Crippen LogP contribution < -0.4 is 0 Å². The smallest absolute Gasteiger partial charge is 0.147 e. The third kappa shape index (κ3) is 12.3. The third-order valence-electron chi connectivity index (χ3n) is 2.41. The number of alkyl halides is 9. The van der Waals surface area contributed by atoms with Crippen LogP contribution in [0.15, 0.2) is 0 Å². The second-order valence-corrected chi connectivity index (χ2v) is 26.5. The molecule has 21 heavy (non-hydrogen) atoms. The molecule has 0 N–H and O–H groups in total. The lowest BCUT2D eigenvalue weighted by Crippen LogP contribution is -2.58. The van der Waals surface area contributed by atoms with Gasteiger partial charge >= 0.3 is 0 Å². The Hall–Kier alpha value is 4.20. The molecule has 1 fully saturated rings. The van der Waals surface area contributed by atoms with Gasteiger partial charge in [0, 0.05) is 19.6 Å². The zero-order chi connectivity index (χ0) is 16.5. The van der Waals surface area contributed by atoms with Gasteiger partial charge in [-0.2, -0.15) is 0 Å². The minimum Gasteiger partial charge on any atom is -0.274 e. The van der Waals surface area contributed by atoms with E-state index in [0.717, 1.165) is 39.6 Å². The van der Waals surface area contributed by atoms with Crippen LogP contribution in [0.25, 0.3) is 0 Å². The summed E-state index contributed by atoms with van der Waals surface area (Å²) in [6.07, 6.45) is 0. The molecule has 1 rings (SSSR count). The molecule has 0 unspecified atom stereocenters. The van der Waals surface area contributed by atoms with Crippen molar-refractivity contribution in [2.45, 2.75) is 6.43 Å². The topological polar surface area (TPSA) is 9.72 Å². The molecule has 0 atom stereocenters. The fraction of sp³-hybridized carbons (Fsp3) is 1.00. The number of rotatable bonds is 3. The number of hydrogen-bond donors (Lipinski definition) is 0. The lowest BCUT2D eigenvalue weighted by atomic mass is 10.4. The summed E-state index contributed by atoms with van der Waals surface area (Å²) in [6, 6.07) is 0. The van der Waals surface area contributed by atoms with Crippen LogP contribution in [0, 0.1) is 0 Å². The molecule has 0 aromatic heterocycles. The molecule has 1 aliphatic heterocycles. The van der Waals surface area contributed by atoms with Crippen LogP contribution in [-0.2, 0) is 0 Å². The maximum Gasteiger partial charge on any atom is 0.147 e. The summed E-state index contributed by atoms with van der Waals surface area (Å²) >= 11 is 32.2. The lowest BCUT2D eigenvalue weighted by molar-refractivity contribution is -0.0230. The van der Waals surface area contributed by atoms with Gasteiger partial charge in [0.1, 0.15) is 6.43 Å². The van der Waals surface area contributed by atoms with E-state index in [1.807, 2.05) is 0 Å². The van der Waals surface area contributed by atoms with Crippen LogP contribution in [0.2, 0.25) is 0 Å². The molecule has 12 heteroatoms. The van der Waals surface area contributed by atoms with Crippen molar-refractivity contribution < 1.29 is 0 Å². The Morgan fingerprint density at radius 2 is 0.667 bits per heavy atom. The molecule has 0 bridgehead atoms. The minimum atomic E-state index is -0.274. The minimum absolute atomic E-state index is 0.274. The number of nitrogens with zero attached hydrogens (tertiary/aromatic N) is 3. The molecule has 1 aliphatic rings. The molecule has 1 heterocycles. The maximum absolute atomic E-state index is 3.58. The zero-order valence-corrected chi connectivity index (χ0v) is 24.8. The van der Waals surface area contributed by atoms with Crippen LogP contribution in [0.3, 0.4) is 0 Å². The monoisotopic (exact) mass is 872 g/mol. The average molecular weight is 881 g/mol. The van der Waals surface area contributed by atoms with Gasteiger partial charge in [-0.25, -0.2) is 0 Å². The fourth-order valence-electron chi connectivity index (χ4n) is 2.04. The van der Waals surface area contributed by atoms with Gasteiger partial charge < -0.3 is 0 Å². The van der Waals surface area contributed by atoms with E-state index in [-0.39, 0.29) is 6.43 Å². The zero-order valence-electron chi connectivity index (χ0n) is 10.5. The molecule has 0 aromatic carbocycles. The van der Waals surface area contributed by atoms with E-state index >= 15 is 0 Å². The normalized spacial score (nSPS) is 21.0. The molecule has 0 amide bonds. The van der Waals surface area contributed by atoms with Gasteiger partial charge in [0.2, 0.25) is 0 Å². The van der Waals surface area contributed by atoms with E-state index in [0.29, 0.717) is 0 Å². The second kappa shape index (κ2) is 9.41. The van der Waals surface area contributed by atoms with E-state index in [1.165, 1.54) is 0 Å². The highest BCUT2D eigenvalue weighted by molar-refractivity contribution is 9.40. The largest absolute Gasteiger partial charge is 0.274 e. The highest BCUT2D eigenvalue weighted by Gasteiger charge is 2.34. The van der Waals surface area contributed by atoms with Gasteiger partial charge in [-0.1, -0.05) is 143 Å². The Bertz CT molecular complexity index is 277. The Morgan fingerprint density at radius 3 is 0.810 bits per heavy atom. The number of halogens is 9. The summed E-state index contributed by atoms with van der Waals surface area (Å²) in [6.45, 7) is 5.10. The molecule has 0 spiro atoms. The van der Waals surface area contributed by atoms with E-state index in [9.17, 15) is 0 Å². The van der Waals surface area contributed by atoms with Crippen molar-refractivity contribution >= 4 is 143 Å². The van der Waals surface area contributed by atoms with Gasteiger partial charge in [-0.15, -0.1) is 0 Å². The highest BCUT2D eigenvalue weighted by atomic mass is 80.0. The molecular weight excluding hydrogens is 869 g/mol. The van der Waals surface area contributed by atoms with Crippen molar-refractivity contribution in [2.75, 3.05) is 39.6 Å². The Balaban J connectivity index is 2.73. The van der Waals surface area contributed by atoms with Gasteiger partial charge in [0.05, 0.1) is 20.0 Å². The molecule has 0 saturated carbocycles. The molecule has 3 nitrogen and oxygen atoms in total. The van der Waals surface area contributed by atoms with Crippen LogP contribution in [0.1, 0.15) is 0 Å². The van der Waals surface area contributed by atoms with Crippen molar-refractivity contribution in [3.63, 3.8) is 0 Å².